The lowest BCUT2D eigenvalue weighted by atomic mass is 10.2. The summed E-state index contributed by atoms with van der Waals surface area (Å²) < 4.78 is 23.2. The first-order chi connectivity index (χ1) is 11.9. The minimum atomic E-state index is -3.03. The van der Waals surface area contributed by atoms with Gasteiger partial charge in [-0.2, -0.15) is 0 Å². The lowest BCUT2D eigenvalue weighted by molar-refractivity contribution is 0.0742. The van der Waals surface area contributed by atoms with Crippen molar-refractivity contribution in [2.24, 2.45) is 0 Å². The zero-order valence-electron chi connectivity index (χ0n) is 14.3. The summed E-state index contributed by atoms with van der Waals surface area (Å²) in [7, 11) is -1.39. The molecule has 0 radical (unpaired) electrons. The number of hydrogen-bond acceptors (Lipinski definition) is 5. The molecular formula is C18H21N3O3S. The topological polar surface area (TPSA) is 79.4 Å². The van der Waals surface area contributed by atoms with E-state index >= 15 is 0 Å². The fourth-order valence-electron chi connectivity index (χ4n) is 2.89. The number of rotatable bonds is 4. The molecule has 0 saturated carbocycles. The molecule has 1 atom stereocenters. The SMILES string of the molecule is Cc1ccccc1Nc1ccc(C(=O)N(C)C2CCS(=O)(=O)C2)nc1. The molecule has 0 aliphatic carbocycles. The van der Waals surface area contributed by atoms with Gasteiger partial charge in [-0.15, -0.1) is 0 Å². The van der Waals surface area contributed by atoms with Gasteiger partial charge in [0.2, 0.25) is 0 Å². The van der Waals surface area contributed by atoms with Crippen LogP contribution < -0.4 is 5.32 Å². The molecule has 2 aromatic rings. The van der Waals surface area contributed by atoms with E-state index in [4.69, 9.17) is 0 Å². The maximum atomic E-state index is 12.5. The standard InChI is InChI=1S/C18H21N3O3S/c1-13-5-3-4-6-16(13)20-14-7-8-17(19-11-14)18(22)21(2)15-9-10-25(23,24)12-15/h3-8,11,15,20H,9-10,12H2,1-2H3. The molecule has 1 fully saturated rings. The summed E-state index contributed by atoms with van der Waals surface area (Å²) in [4.78, 5) is 18.2. The van der Waals surface area contributed by atoms with E-state index in [1.165, 1.54) is 4.90 Å². The number of carbonyl (C=O) groups is 1. The van der Waals surface area contributed by atoms with Crippen molar-refractivity contribution in [3.63, 3.8) is 0 Å². The second-order valence-electron chi connectivity index (χ2n) is 6.34. The third-order valence-electron chi connectivity index (χ3n) is 4.48. The van der Waals surface area contributed by atoms with E-state index in [1.54, 1.807) is 25.4 Å². The van der Waals surface area contributed by atoms with Crippen molar-refractivity contribution in [1.29, 1.82) is 0 Å². The first-order valence-corrected chi connectivity index (χ1v) is 9.94. The van der Waals surface area contributed by atoms with Crippen LogP contribution in [-0.2, 0) is 9.84 Å². The molecule has 1 aliphatic heterocycles. The molecule has 1 aromatic carbocycles. The van der Waals surface area contributed by atoms with Crippen molar-refractivity contribution < 1.29 is 13.2 Å². The fourth-order valence-corrected chi connectivity index (χ4v) is 4.66. The quantitative estimate of drug-likeness (QED) is 0.907. The minimum Gasteiger partial charge on any atom is -0.354 e. The lowest BCUT2D eigenvalue weighted by Crippen LogP contribution is -2.38. The molecule has 2 heterocycles. The summed E-state index contributed by atoms with van der Waals surface area (Å²) >= 11 is 0. The van der Waals surface area contributed by atoms with Crippen LogP contribution in [0.3, 0.4) is 0 Å². The second kappa shape index (κ2) is 6.84. The molecule has 0 spiro atoms. The lowest BCUT2D eigenvalue weighted by Gasteiger charge is -2.23. The Bertz CT molecular complexity index is 879. The summed E-state index contributed by atoms with van der Waals surface area (Å²) in [6.45, 7) is 2.01. The number of benzene rings is 1. The summed E-state index contributed by atoms with van der Waals surface area (Å²) in [6.07, 6.45) is 2.09. The van der Waals surface area contributed by atoms with Crippen LogP contribution in [0.1, 0.15) is 22.5 Å². The molecule has 1 aliphatic rings. The second-order valence-corrected chi connectivity index (χ2v) is 8.57. The van der Waals surface area contributed by atoms with Crippen LogP contribution in [0.25, 0.3) is 0 Å². The zero-order chi connectivity index (χ0) is 18.0. The Morgan fingerprint density at radius 3 is 2.60 bits per heavy atom. The van der Waals surface area contributed by atoms with Crippen LogP contribution >= 0.6 is 0 Å². The summed E-state index contributed by atoms with van der Waals surface area (Å²) in [5, 5.41) is 3.27. The average molecular weight is 359 g/mol. The number of aryl methyl sites for hydroxylation is 1. The van der Waals surface area contributed by atoms with Gasteiger partial charge in [-0.3, -0.25) is 4.79 Å². The Kier molecular flexibility index (Phi) is 4.76. The van der Waals surface area contributed by atoms with E-state index in [-0.39, 0.29) is 23.5 Å². The van der Waals surface area contributed by atoms with E-state index in [1.807, 2.05) is 31.2 Å². The first-order valence-electron chi connectivity index (χ1n) is 8.12. The molecule has 1 aromatic heterocycles. The fraction of sp³-hybridized carbons (Fsp3) is 0.333. The van der Waals surface area contributed by atoms with Crippen LogP contribution in [0.4, 0.5) is 11.4 Å². The van der Waals surface area contributed by atoms with Gasteiger partial charge < -0.3 is 10.2 Å². The van der Waals surface area contributed by atoms with E-state index in [9.17, 15) is 13.2 Å². The summed E-state index contributed by atoms with van der Waals surface area (Å²) in [5.41, 5.74) is 3.19. The highest BCUT2D eigenvalue weighted by atomic mass is 32.2. The maximum Gasteiger partial charge on any atom is 0.272 e. The number of amides is 1. The van der Waals surface area contributed by atoms with Gasteiger partial charge in [0, 0.05) is 18.8 Å². The van der Waals surface area contributed by atoms with Gasteiger partial charge in [-0.25, -0.2) is 13.4 Å². The van der Waals surface area contributed by atoms with Gasteiger partial charge in [0.25, 0.3) is 5.91 Å². The number of sulfone groups is 1. The first kappa shape index (κ1) is 17.4. The van der Waals surface area contributed by atoms with E-state index in [0.717, 1.165) is 16.9 Å². The van der Waals surface area contributed by atoms with Crippen molar-refractivity contribution in [3.8, 4) is 0 Å². The molecule has 1 unspecified atom stereocenters. The Hall–Kier alpha value is -2.41. The van der Waals surface area contributed by atoms with Gasteiger partial charge in [-0.05, 0) is 37.1 Å². The number of nitrogens with one attached hydrogen (secondary N) is 1. The third-order valence-corrected chi connectivity index (χ3v) is 6.23. The molecule has 132 valence electrons. The number of aromatic nitrogens is 1. The van der Waals surface area contributed by atoms with Crippen LogP contribution in [0.2, 0.25) is 0 Å². The van der Waals surface area contributed by atoms with E-state index in [2.05, 4.69) is 10.3 Å². The van der Waals surface area contributed by atoms with Gasteiger partial charge in [0.15, 0.2) is 9.84 Å². The number of pyridine rings is 1. The molecule has 1 saturated heterocycles. The number of carbonyl (C=O) groups excluding carboxylic acids is 1. The van der Waals surface area contributed by atoms with Crippen molar-refractivity contribution in [2.45, 2.75) is 19.4 Å². The molecule has 0 bridgehead atoms. The summed E-state index contributed by atoms with van der Waals surface area (Å²) in [6, 6.07) is 11.1. The largest absolute Gasteiger partial charge is 0.354 e. The Balaban J connectivity index is 1.69. The van der Waals surface area contributed by atoms with Gasteiger partial charge in [0.1, 0.15) is 5.69 Å². The third kappa shape index (κ3) is 3.99. The molecule has 1 amide bonds. The zero-order valence-corrected chi connectivity index (χ0v) is 15.1. The van der Waals surface area contributed by atoms with Crippen LogP contribution in [0.5, 0.6) is 0 Å². The van der Waals surface area contributed by atoms with Crippen LogP contribution in [0.15, 0.2) is 42.6 Å². The van der Waals surface area contributed by atoms with Gasteiger partial charge in [0.05, 0.1) is 23.4 Å². The van der Waals surface area contributed by atoms with Crippen LogP contribution in [0, 0.1) is 6.92 Å². The smallest absolute Gasteiger partial charge is 0.272 e. The maximum absolute atomic E-state index is 12.5. The van der Waals surface area contributed by atoms with E-state index in [0.29, 0.717) is 12.1 Å². The number of para-hydroxylation sites is 1. The molecule has 7 heteroatoms. The van der Waals surface area contributed by atoms with Crippen molar-refractivity contribution in [1.82, 2.24) is 9.88 Å². The average Bonchev–Trinajstić information content (AvgIpc) is 2.96. The van der Waals surface area contributed by atoms with Gasteiger partial charge >= 0.3 is 0 Å². The van der Waals surface area contributed by atoms with Crippen LogP contribution in [-0.4, -0.2) is 48.8 Å². The van der Waals surface area contributed by atoms with Crippen molar-refractivity contribution in [3.05, 3.63) is 53.9 Å². The van der Waals surface area contributed by atoms with Crippen molar-refractivity contribution in [2.75, 3.05) is 23.9 Å². The Morgan fingerprint density at radius 1 is 1.24 bits per heavy atom. The molecule has 1 N–H and O–H groups in total. The number of hydrogen-bond donors (Lipinski definition) is 1. The highest BCUT2D eigenvalue weighted by Gasteiger charge is 2.33. The highest BCUT2D eigenvalue weighted by molar-refractivity contribution is 7.91. The molecule has 25 heavy (non-hydrogen) atoms. The normalized spacial score (nSPS) is 18.7. The number of nitrogens with zero attached hydrogens (tertiary/aromatic N) is 2. The molecular weight excluding hydrogens is 338 g/mol. The molecule has 3 rings (SSSR count). The highest BCUT2D eigenvalue weighted by Crippen LogP contribution is 2.21. The van der Waals surface area contributed by atoms with Crippen molar-refractivity contribution >= 4 is 27.1 Å². The Labute approximate surface area is 147 Å². The molecule has 6 nitrogen and oxygen atoms in total. The monoisotopic (exact) mass is 359 g/mol. The number of anilines is 2. The minimum absolute atomic E-state index is 0.0299. The predicted octanol–water partition coefficient (Wildman–Crippen LogP) is 2.39. The van der Waals surface area contributed by atoms with Gasteiger partial charge in [-0.1, -0.05) is 18.2 Å². The predicted molar refractivity (Wildman–Crippen MR) is 97.9 cm³/mol. The van der Waals surface area contributed by atoms with E-state index < -0.39 is 9.84 Å². The Morgan fingerprint density at radius 2 is 2.00 bits per heavy atom. The summed E-state index contributed by atoms with van der Waals surface area (Å²) in [5.74, 6) is -0.0889.